The van der Waals surface area contributed by atoms with Gasteiger partial charge < -0.3 is 29.3 Å². The highest BCUT2D eigenvalue weighted by Gasteiger charge is 2.33. The Kier molecular flexibility index (Phi) is 8.19. The fourth-order valence-electron chi connectivity index (χ4n) is 4.33. The zero-order valence-electron chi connectivity index (χ0n) is 19.1. The van der Waals surface area contributed by atoms with Crippen LogP contribution in [0.3, 0.4) is 0 Å². The molecule has 0 aliphatic carbocycles. The third-order valence-electron chi connectivity index (χ3n) is 6.16. The van der Waals surface area contributed by atoms with E-state index in [1.807, 2.05) is 4.90 Å². The first kappa shape index (κ1) is 23.7. The highest BCUT2D eigenvalue weighted by Crippen LogP contribution is 2.31. The summed E-state index contributed by atoms with van der Waals surface area (Å²) < 4.78 is 15.5. The maximum Gasteiger partial charge on any atom is 0.320 e. The van der Waals surface area contributed by atoms with Gasteiger partial charge in [0.05, 0.1) is 39.7 Å². The van der Waals surface area contributed by atoms with E-state index in [2.05, 4.69) is 5.32 Å². The van der Waals surface area contributed by atoms with Gasteiger partial charge in [0, 0.05) is 26.2 Å². The molecule has 2 heterocycles. The van der Waals surface area contributed by atoms with E-state index in [1.54, 1.807) is 30.2 Å². The maximum atomic E-state index is 13.1. The van der Waals surface area contributed by atoms with Crippen molar-refractivity contribution in [1.82, 2.24) is 15.1 Å². The third-order valence-corrected chi connectivity index (χ3v) is 6.16. The molecule has 2 unspecified atom stereocenters. The predicted octanol–water partition coefficient (Wildman–Crippen LogP) is 2.35. The molecule has 0 spiro atoms. The summed E-state index contributed by atoms with van der Waals surface area (Å²) in [5, 5.41) is 3.00. The number of esters is 1. The summed E-state index contributed by atoms with van der Waals surface area (Å²) in [6, 6.07) is 4.71. The topological polar surface area (TPSA) is 97.4 Å². The molecule has 0 bridgehead atoms. The van der Waals surface area contributed by atoms with Crippen molar-refractivity contribution in [2.45, 2.75) is 38.1 Å². The second-order valence-electron chi connectivity index (χ2n) is 8.22. The summed E-state index contributed by atoms with van der Waals surface area (Å²) in [5.41, 5.74) is 0.710. The summed E-state index contributed by atoms with van der Waals surface area (Å²) in [7, 11) is 4.39. The van der Waals surface area contributed by atoms with Crippen LogP contribution in [0.5, 0.6) is 11.5 Å². The Morgan fingerprint density at radius 1 is 1.00 bits per heavy atom. The van der Waals surface area contributed by atoms with Crippen molar-refractivity contribution in [1.29, 1.82) is 0 Å². The van der Waals surface area contributed by atoms with Crippen molar-refractivity contribution < 1.29 is 28.6 Å². The Labute approximate surface area is 189 Å². The van der Waals surface area contributed by atoms with Crippen LogP contribution >= 0.6 is 0 Å². The Bertz CT molecular complexity index is 824. The first-order chi connectivity index (χ1) is 15.5. The Morgan fingerprint density at radius 3 is 2.34 bits per heavy atom. The minimum absolute atomic E-state index is 0.0130. The number of ether oxygens (including phenoxy) is 3. The molecule has 9 nitrogen and oxygen atoms in total. The van der Waals surface area contributed by atoms with Gasteiger partial charge in [0.2, 0.25) is 5.91 Å². The summed E-state index contributed by atoms with van der Waals surface area (Å²) >= 11 is 0. The molecule has 1 N–H and O–H groups in total. The molecule has 2 atom stereocenters. The van der Waals surface area contributed by atoms with Crippen LogP contribution in [-0.2, 0) is 14.3 Å². The lowest BCUT2D eigenvalue weighted by Gasteiger charge is -2.35. The molecule has 3 amide bonds. The normalized spacial score (nSPS) is 19.3. The van der Waals surface area contributed by atoms with E-state index in [0.29, 0.717) is 36.6 Å². The van der Waals surface area contributed by atoms with E-state index >= 15 is 0 Å². The SMILES string of the molecule is COC(=O)CC(NC(=O)C1CCCN(C(=O)N2CCCC2)C1)c1ccc(OC)c(OC)c1. The van der Waals surface area contributed by atoms with Crippen molar-refractivity contribution in [3.63, 3.8) is 0 Å². The number of carbonyl (C=O) groups excluding carboxylic acids is 3. The van der Waals surface area contributed by atoms with Crippen LogP contribution < -0.4 is 14.8 Å². The molecule has 2 fully saturated rings. The molecule has 9 heteroatoms. The lowest BCUT2D eigenvalue weighted by Crippen LogP contribution is -2.50. The van der Waals surface area contributed by atoms with Gasteiger partial charge in [-0.1, -0.05) is 6.07 Å². The van der Waals surface area contributed by atoms with Crippen LogP contribution in [0, 0.1) is 5.92 Å². The number of benzene rings is 1. The molecule has 0 radical (unpaired) electrons. The van der Waals surface area contributed by atoms with Crippen molar-refractivity contribution in [2.24, 2.45) is 5.92 Å². The second kappa shape index (κ2) is 11.1. The van der Waals surface area contributed by atoms with Crippen LogP contribution in [0.1, 0.15) is 43.7 Å². The van der Waals surface area contributed by atoms with E-state index in [0.717, 1.165) is 32.4 Å². The van der Waals surface area contributed by atoms with E-state index in [4.69, 9.17) is 14.2 Å². The smallest absolute Gasteiger partial charge is 0.320 e. The van der Waals surface area contributed by atoms with Crippen LogP contribution in [0.2, 0.25) is 0 Å². The second-order valence-corrected chi connectivity index (χ2v) is 8.22. The number of piperidine rings is 1. The fraction of sp³-hybridized carbons (Fsp3) is 0.609. The maximum absolute atomic E-state index is 13.1. The monoisotopic (exact) mass is 447 g/mol. The summed E-state index contributed by atoms with van der Waals surface area (Å²) in [6.45, 7) is 2.62. The average molecular weight is 448 g/mol. The number of likely N-dealkylation sites (tertiary alicyclic amines) is 2. The number of amides is 3. The molecule has 32 heavy (non-hydrogen) atoms. The summed E-state index contributed by atoms with van der Waals surface area (Å²) in [5.74, 6) is 0.139. The van der Waals surface area contributed by atoms with E-state index < -0.39 is 12.0 Å². The predicted molar refractivity (Wildman–Crippen MR) is 118 cm³/mol. The highest BCUT2D eigenvalue weighted by molar-refractivity contribution is 5.82. The number of hydrogen-bond acceptors (Lipinski definition) is 6. The van der Waals surface area contributed by atoms with Gasteiger partial charge in [-0.05, 0) is 43.4 Å². The molecule has 0 saturated carbocycles. The average Bonchev–Trinajstić information content (AvgIpc) is 3.37. The molecule has 1 aromatic carbocycles. The third kappa shape index (κ3) is 5.63. The van der Waals surface area contributed by atoms with Crippen molar-refractivity contribution in [3.05, 3.63) is 23.8 Å². The lowest BCUT2D eigenvalue weighted by atomic mass is 9.95. The van der Waals surface area contributed by atoms with Gasteiger partial charge in [-0.25, -0.2) is 4.79 Å². The largest absolute Gasteiger partial charge is 0.493 e. The van der Waals surface area contributed by atoms with Gasteiger partial charge in [-0.15, -0.1) is 0 Å². The Morgan fingerprint density at radius 2 is 1.69 bits per heavy atom. The number of nitrogens with zero attached hydrogens (tertiary/aromatic N) is 2. The van der Waals surface area contributed by atoms with Crippen LogP contribution in [0.25, 0.3) is 0 Å². The van der Waals surface area contributed by atoms with Gasteiger partial charge in [-0.3, -0.25) is 9.59 Å². The van der Waals surface area contributed by atoms with Crippen molar-refractivity contribution in [2.75, 3.05) is 47.5 Å². The number of rotatable bonds is 7. The number of urea groups is 1. The molecule has 2 aliphatic heterocycles. The summed E-state index contributed by atoms with van der Waals surface area (Å²) in [4.78, 5) is 41.6. The van der Waals surface area contributed by atoms with Crippen LogP contribution in [-0.4, -0.2) is 75.2 Å². The summed E-state index contributed by atoms with van der Waals surface area (Å²) in [6.07, 6.45) is 3.52. The lowest BCUT2D eigenvalue weighted by molar-refractivity contribution is -0.141. The van der Waals surface area contributed by atoms with E-state index in [9.17, 15) is 14.4 Å². The Hall–Kier alpha value is -2.97. The van der Waals surface area contributed by atoms with E-state index in [-0.39, 0.29) is 24.3 Å². The molecule has 1 aromatic rings. The quantitative estimate of drug-likeness (QED) is 0.645. The first-order valence-electron chi connectivity index (χ1n) is 11.1. The molecule has 2 aliphatic rings. The molecule has 3 rings (SSSR count). The van der Waals surface area contributed by atoms with Gasteiger partial charge in [0.15, 0.2) is 11.5 Å². The highest BCUT2D eigenvalue weighted by atomic mass is 16.5. The van der Waals surface area contributed by atoms with Crippen LogP contribution in [0.15, 0.2) is 18.2 Å². The van der Waals surface area contributed by atoms with Gasteiger partial charge in [-0.2, -0.15) is 0 Å². The van der Waals surface area contributed by atoms with E-state index in [1.165, 1.54) is 14.2 Å². The fourth-order valence-corrected chi connectivity index (χ4v) is 4.33. The first-order valence-corrected chi connectivity index (χ1v) is 11.1. The molecule has 0 aromatic heterocycles. The Balaban J connectivity index is 1.71. The van der Waals surface area contributed by atoms with Gasteiger partial charge in [0.25, 0.3) is 0 Å². The number of nitrogens with one attached hydrogen (secondary N) is 1. The standard InChI is InChI=1S/C23H33N3O6/c1-30-19-9-8-16(13-20(19)31-2)18(14-21(27)32-3)24-22(28)17-7-6-12-26(15-17)23(29)25-10-4-5-11-25/h8-9,13,17-18H,4-7,10-12,14-15H2,1-3H3,(H,24,28). The zero-order chi connectivity index (χ0) is 23.1. The molecule has 176 valence electrons. The van der Waals surface area contributed by atoms with Crippen molar-refractivity contribution in [3.8, 4) is 11.5 Å². The number of carbonyl (C=O) groups is 3. The number of methoxy groups -OCH3 is 3. The minimum Gasteiger partial charge on any atom is -0.493 e. The zero-order valence-corrected chi connectivity index (χ0v) is 19.1. The minimum atomic E-state index is -0.584. The molecule has 2 saturated heterocycles. The van der Waals surface area contributed by atoms with Crippen molar-refractivity contribution >= 4 is 17.9 Å². The molecular formula is C23H33N3O6. The van der Waals surface area contributed by atoms with Gasteiger partial charge >= 0.3 is 12.0 Å². The number of hydrogen-bond donors (Lipinski definition) is 1. The van der Waals surface area contributed by atoms with Gasteiger partial charge in [0.1, 0.15) is 0 Å². The van der Waals surface area contributed by atoms with Crippen LogP contribution in [0.4, 0.5) is 4.79 Å². The molecular weight excluding hydrogens is 414 g/mol.